The summed E-state index contributed by atoms with van der Waals surface area (Å²) in [5.74, 6) is 1.12. The first-order valence-corrected chi connectivity index (χ1v) is 14.3. The van der Waals surface area contributed by atoms with Crippen LogP contribution in [0, 0.1) is 0 Å². The molecule has 0 amide bonds. The zero-order valence-corrected chi connectivity index (χ0v) is 25.0. The molecule has 0 fully saturated rings. The number of hydrogen-bond donors (Lipinski definition) is 2. The van der Waals surface area contributed by atoms with Crippen LogP contribution in [-0.4, -0.2) is 63.1 Å². The number of phenols is 2. The van der Waals surface area contributed by atoms with Gasteiger partial charge < -0.3 is 48.1 Å². The van der Waals surface area contributed by atoms with E-state index in [9.17, 15) is 10.2 Å². The minimum Gasteiger partial charge on any atom is -0.501 e. The van der Waals surface area contributed by atoms with Crippen molar-refractivity contribution in [1.29, 1.82) is 0 Å². The number of aromatic hydroxyl groups is 2. The molecule has 0 bridgehead atoms. The van der Waals surface area contributed by atoms with Crippen molar-refractivity contribution in [3.63, 3.8) is 0 Å². The summed E-state index contributed by atoms with van der Waals surface area (Å²) in [6, 6.07) is 0. The Morgan fingerprint density at radius 1 is 0.359 bits per heavy atom. The fourth-order valence-corrected chi connectivity index (χ4v) is 4.94. The van der Waals surface area contributed by atoms with E-state index >= 15 is 0 Å². The lowest BCUT2D eigenvalue weighted by atomic mass is 10.2. The van der Waals surface area contributed by atoms with Crippen molar-refractivity contribution >= 4 is 11.8 Å². The van der Waals surface area contributed by atoms with Gasteiger partial charge in [-0.2, -0.15) is 0 Å². The summed E-state index contributed by atoms with van der Waals surface area (Å²) in [4.78, 5) is 0.918. The standard InChI is InChI=1S/C28H42O10S/c1-9-31-19-17(29)20(32-10-2)24(36-14-6)27(23(19)35-13-5)39-28-25(37-15-7)21(33-11-3)18(30)22(34-12-4)26(28)38-16-8/h29-30H,9-16H2,1-8H3. The van der Waals surface area contributed by atoms with Crippen LogP contribution in [0.2, 0.25) is 0 Å². The van der Waals surface area contributed by atoms with Gasteiger partial charge in [-0.15, -0.1) is 0 Å². The molecule has 0 spiro atoms. The molecule has 39 heavy (non-hydrogen) atoms. The molecule has 2 rings (SSSR count). The molecular weight excluding hydrogens is 528 g/mol. The highest BCUT2D eigenvalue weighted by Gasteiger charge is 2.34. The number of phenolic OH excluding ortho intramolecular Hbond substituents is 2. The van der Waals surface area contributed by atoms with Gasteiger partial charge in [0.15, 0.2) is 23.0 Å². The zero-order chi connectivity index (χ0) is 28.9. The SMILES string of the molecule is CCOc1c(O)c(OCC)c(OCC)c(Sc2c(OCC)c(OCC)c(O)c(OCC)c2OCC)c1OCC. The van der Waals surface area contributed by atoms with Crippen molar-refractivity contribution in [2.75, 3.05) is 52.9 Å². The zero-order valence-electron chi connectivity index (χ0n) is 24.2. The van der Waals surface area contributed by atoms with E-state index in [1.54, 1.807) is 0 Å². The Morgan fingerprint density at radius 2 is 0.538 bits per heavy atom. The smallest absolute Gasteiger partial charge is 0.208 e. The van der Waals surface area contributed by atoms with Crippen molar-refractivity contribution in [2.24, 2.45) is 0 Å². The molecule has 220 valence electrons. The molecule has 2 aromatic rings. The lowest BCUT2D eigenvalue weighted by molar-refractivity contribution is 0.235. The van der Waals surface area contributed by atoms with Crippen molar-refractivity contribution in [1.82, 2.24) is 0 Å². The summed E-state index contributed by atoms with van der Waals surface area (Å²) < 4.78 is 47.5. The van der Waals surface area contributed by atoms with Gasteiger partial charge in [-0.1, -0.05) is 11.8 Å². The average Bonchev–Trinajstić information content (AvgIpc) is 2.92. The quantitative estimate of drug-likeness (QED) is 0.206. The van der Waals surface area contributed by atoms with Crippen molar-refractivity contribution in [3.8, 4) is 57.5 Å². The Balaban J connectivity index is 3.09. The molecule has 0 radical (unpaired) electrons. The molecule has 0 saturated heterocycles. The van der Waals surface area contributed by atoms with Gasteiger partial charge in [0.25, 0.3) is 0 Å². The molecule has 0 aromatic heterocycles. The highest BCUT2D eigenvalue weighted by molar-refractivity contribution is 7.99. The molecule has 0 heterocycles. The maximum absolute atomic E-state index is 11.2. The van der Waals surface area contributed by atoms with Crippen LogP contribution in [0.15, 0.2) is 9.79 Å². The predicted octanol–water partition coefficient (Wildman–Crippen LogP) is 6.44. The third-order valence-corrected chi connectivity index (χ3v) is 6.17. The summed E-state index contributed by atoms with van der Waals surface area (Å²) in [5, 5.41) is 22.3. The van der Waals surface area contributed by atoms with Crippen molar-refractivity contribution < 1.29 is 48.1 Å². The van der Waals surface area contributed by atoms with Gasteiger partial charge >= 0.3 is 0 Å². The van der Waals surface area contributed by atoms with E-state index in [2.05, 4.69) is 0 Å². The van der Waals surface area contributed by atoms with Gasteiger partial charge in [0.05, 0.1) is 52.9 Å². The topological polar surface area (TPSA) is 114 Å². The van der Waals surface area contributed by atoms with Gasteiger partial charge in [0.1, 0.15) is 9.79 Å². The Labute approximate surface area is 235 Å². The summed E-state index contributed by atoms with van der Waals surface area (Å²) in [6.07, 6.45) is 0. The number of rotatable bonds is 18. The first-order chi connectivity index (χ1) is 18.9. The third-order valence-electron chi connectivity index (χ3n) is 5.02. The predicted molar refractivity (Wildman–Crippen MR) is 150 cm³/mol. The van der Waals surface area contributed by atoms with Crippen LogP contribution in [0.4, 0.5) is 0 Å². The molecule has 2 aromatic carbocycles. The first-order valence-electron chi connectivity index (χ1n) is 13.5. The minimum atomic E-state index is -0.222. The summed E-state index contributed by atoms with van der Waals surface area (Å²) >= 11 is 1.19. The van der Waals surface area contributed by atoms with Crippen molar-refractivity contribution in [3.05, 3.63) is 0 Å². The molecule has 0 saturated carbocycles. The van der Waals surface area contributed by atoms with Crippen LogP contribution < -0.4 is 37.9 Å². The van der Waals surface area contributed by atoms with Crippen LogP contribution in [-0.2, 0) is 0 Å². The van der Waals surface area contributed by atoms with Gasteiger partial charge in [0, 0.05) is 0 Å². The monoisotopic (exact) mass is 570 g/mol. The summed E-state index contributed by atoms with van der Waals surface area (Å²) in [6.45, 7) is 16.8. The van der Waals surface area contributed by atoms with Crippen LogP contribution in [0.25, 0.3) is 0 Å². The second kappa shape index (κ2) is 16.0. The van der Waals surface area contributed by atoms with E-state index < -0.39 is 0 Å². The van der Waals surface area contributed by atoms with Crippen LogP contribution in [0.5, 0.6) is 57.5 Å². The van der Waals surface area contributed by atoms with E-state index in [0.717, 1.165) is 0 Å². The maximum atomic E-state index is 11.2. The molecule has 2 N–H and O–H groups in total. The van der Waals surface area contributed by atoms with Crippen LogP contribution in [0.1, 0.15) is 55.4 Å². The molecule has 0 aliphatic heterocycles. The molecular formula is C28H42O10S. The molecule has 0 unspecified atom stereocenters. The average molecular weight is 571 g/mol. The lowest BCUT2D eigenvalue weighted by Crippen LogP contribution is -2.08. The second-order valence-electron chi connectivity index (χ2n) is 7.55. The Morgan fingerprint density at radius 3 is 0.718 bits per heavy atom. The molecule has 0 aliphatic carbocycles. The van der Waals surface area contributed by atoms with E-state index in [1.807, 2.05) is 55.4 Å². The molecule has 0 aliphatic rings. The van der Waals surface area contributed by atoms with E-state index in [-0.39, 0.29) is 110 Å². The van der Waals surface area contributed by atoms with Crippen LogP contribution in [0.3, 0.4) is 0 Å². The molecule has 0 atom stereocenters. The van der Waals surface area contributed by atoms with E-state index in [1.165, 1.54) is 11.8 Å². The van der Waals surface area contributed by atoms with Gasteiger partial charge in [-0.05, 0) is 55.4 Å². The highest BCUT2D eigenvalue weighted by Crippen LogP contribution is 2.63. The van der Waals surface area contributed by atoms with Gasteiger partial charge in [0.2, 0.25) is 34.5 Å². The van der Waals surface area contributed by atoms with Crippen molar-refractivity contribution in [2.45, 2.75) is 65.2 Å². The highest BCUT2D eigenvalue weighted by atomic mass is 32.2. The molecule has 11 heteroatoms. The Hall–Kier alpha value is -3.21. The third kappa shape index (κ3) is 7.06. The van der Waals surface area contributed by atoms with Crippen LogP contribution >= 0.6 is 11.8 Å². The summed E-state index contributed by atoms with van der Waals surface area (Å²) in [7, 11) is 0. The fraction of sp³-hybridized carbons (Fsp3) is 0.571. The summed E-state index contributed by atoms with van der Waals surface area (Å²) in [5.41, 5.74) is 0. The largest absolute Gasteiger partial charge is 0.501 e. The molecule has 10 nitrogen and oxygen atoms in total. The fourth-order valence-electron chi connectivity index (χ4n) is 3.76. The minimum absolute atomic E-state index is 0.124. The lowest BCUT2D eigenvalue weighted by Gasteiger charge is -2.25. The van der Waals surface area contributed by atoms with E-state index in [0.29, 0.717) is 9.79 Å². The second-order valence-corrected chi connectivity index (χ2v) is 8.58. The van der Waals surface area contributed by atoms with Gasteiger partial charge in [-0.3, -0.25) is 0 Å². The number of ether oxygens (including phenoxy) is 8. The maximum Gasteiger partial charge on any atom is 0.208 e. The number of hydrogen-bond acceptors (Lipinski definition) is 11. The normalized spacial score (nSPS) is 10.7. The Bertz CT molecular complexity index is 916. The Kier molecular flexibility index (Phi) is 13.1. The van der Waals surface area contributed by atoms with E-state index in [4.69, 9.17) is 37.9 Å². The van der Waals surface area contributed by atoms with Gasteiger partial charge in [-0.25, -0.2) is 0 Å². The number of benzene rings is 2. The first kappa shape index (κ1) is 32.0.